The summed E-state index contributed by atoms with van der Waals surface area (Å²) in [5, 5.41) is -0.344. The maximum absolute atomic E-state index is 12.2. The van der Waals surface area contributed by atoms with E-state index in [0.29, 0.717) is 24.9 Å². The zero-order chi connectivity index (χ0) is 18.0. The molecule has 2 N–H and O–H groups in total. The summed E-state index contributed by atoms with van der Waals surface area (Å²) in [6.07, 6.45) is 1.08. The second-order valence-electron chi connectivity index (χ2n) is 6.11. The van der Waals surface area contributed by atoms with Gasteiger partial charge in [-0.3, -0.25) is 4.79 Å². The molecular weight excluding hydrogens is 377 g/mol. The van der Waals surface area contributed by atoms with Crippen molar-refractivity contribution in [3.63, 3.8) is 0 Å². The Balaban J connectivity index is 2.02. The topological polar surface area (TPSA) is 85.5 Å². The van der Waals surface area contributed by atoms with E-state index >= 15 is 0 Å². The number of hydrogen-bond acceptors (Lipinski definition) is 5. The number of pyridine rings is 1. The monoisotopic (exact) mass is 393 g/mol. The summed E-state index contributed by atoms with van der Waals surface area (Å²) in [6, 6.07) is 0. The number of nitrogens with zero attached hydrogens (tertiary/aromatic N) is 2. The predicted octanol–water partition coefficient (Wildman–Crippen LogP) is 3.29. The molecule has 132 valence electrons. The Kier molecular flexibility index (Phi) is 6.17. The van der Waals surface area contributed by atoms with Crippen molar-refractivity contribution in [1.82, 2.24) is 9.88 Å². The number of rotatable bonds is 3. The molecule has 1 amide bonds. The Bertz CT molecular complexity index is 659. The molecule has 0 bridgehead atoms. The fourth-order valence-electron chi connectivity index (χ4n) is 2.82. The number of halogens is 3. The molecule has 2 rings (SSSR count). The second-order valence-corrected chi connectivity index (χ2v) is 7.23. The summed E-state index contributed by atoms with van der Waals surface area (Å²) in [5.74, 6) is -0.304. The number of nitrogen functional groups attached to an aromatic ring is 1. The second kappa shape index (κ2) is 7.76. The average molecular weight is 395 g/mol. The van der Waals surface area contributed by atoms with Crippen LogP contribution in [0.15, 0.2) is 0 Å². The van der Waals surface area contributed by atoms with Crippen LogP contribution in [-0.2, 0) is 9.53 Å². The summed E-state index contributed by atoms with van der Waals surface area (Å²) >= 11 is 17.5. The molecule has 1 saturated heterocycles. The fraction of sp³-hybridized carbons (Fsp3) is 0.533. The number of nitrogens with two attached hydrogens (primary N) is 1. The minimum atomic E-state index is -0.878. The lowest BCUT2D eigenvalue weighted by atomic mass is 9.92. The van der Waals surface area contributed by atoms with E-state index in [9.17, 15) is 9.59 Å². The molecule has 0 aliphatic carbocycles. The third kappa shape index (κ3) is 4.23. The summed E-state index contributed by atoms with van der Waals surface area (Å²) < 4.78 is 5.01. The van der Waals surface area contributed by atoms with Gasteiger partial charge in [-0.15, -0.1) is 0 Å². The minimum Gasteiger partial charge on any atom is -0.451 e. The molecule has 0 radical (unpaired) electrons. The summed E-state index contributed by atoms with van der Waals surface area (Å²) in [6.45, 7) is 5.09. The van der Waals surface area contributed by atoms with Gasteiger partial charge in [0.25, 0.3) is 5.91 Å². The first kappa shape index (κ1) is 19.1. The molecule has 1 aliphatic heterocycles. The predicted molar refractivity (Wildman–Crippen MR) is 93.5 cm³/mol. The molecule has 24 heavy (non-hydrogen) atoms. The van der Waals surface area contributed by atoms with Gasteiger partial charge in [-0.25, -0.2) is 9.78 Å². The quantitative estimate of drug-likeness (QED) is 0.628. The van der Waals surface area contributed by atoms with Crippen molar-refractivity contribution in [1.29, 1.82) is 0 Å². The number of anilines is 1. The van der Waals surface area contributed by atoms with E-state index in [1.54, 1.807) is 4.90 Å². The van der Waals surface area contributed by atoms with Gasteiger partial charge in [0.15, 0.2) is 17.5 Å². The normalized spacial score (nSPS) is 20.8. The van der Waals surface area contributed by atoms with Gasteiger partial charge < -0.3 is 15.4 Å². The number of aromatic nitrogens is 1. The lowest BCUT2D eigenvalue weighted by Crippen LogP contribution is -2.44. The molecule has 1 aromatic heterocycles. The Morgan fingerprint density at radius 3 is 2.38 bits per heavy atom. The zero-order valence-electron chi connectivity index (χ0n) is 13.3. The van der Waals surface area contributed by atoms with Crippen LogP contribution in [0, 0.1) is 11.8 Å². The van der Waals surface area contributed by atoms with Crippen molar-refractivity contribution in [2.24, 2.45) is 11.8 Å². The van der Waals surface area contributed by atoms with Crippen LogP contribution >= 0.6 is 34.8 Å². The Morgan fingerprint density at radius 1 is 1.21 bits per heavy atom. The Morgan fingerprint density at radius 2 is 1.79 bits per heavy atom. The molecule has 0 saturated carbocycles. The third-order valence-electron chi connectivity index (χ3n) is 3.81. The standard InChI is InChI=1S/C15H18Cl3N3O3/c1-7-3-8(2)5-21(4-7)9(22)6-24-15(23)13-10(16)12(19)11(17)14(18)20-13/h7-8H,3-6H2,1-2H3,(H2,19,20)/t7-,8-/m0/s1. The first-order valence-electron chi connectivity index (χ1n) is 7.45. The third-order valence-corrected chi connectivity index (χ3v) is 4.95. The highest BCUT2D eigenvalue weighted by atomic mass is 35.5. The molecule has 1 fully saturated rings. The van der Waals surface area contributed by atoms with Gasteiger partial charge in [-0.2, -0.15) is 0 Å². The smallest absolute Gasteiger partial charge is 0.359 e. The molecule has 0 spiro atoms. The van der Waals surface area contributed by atoms with Crippen molar-refractivity contribution in [3.8, 4) is 0 Å². The van der Waals surface area contributed by atoms with Crippen molar-refractivity contribution < 1.29 is 14.3 Å². The lowest BCUT2D eigenvalue weighted by Gasteiger charge is -2.34. The lowest BCUT2D eigenvalue weighted by molar-refractivity contribution is -0.137. The van der Waals surface area contributed by atoms with E-state index in [2.05, 4.69) is 18.8 Å². The Hall–Kier alpha value is -1.24. The van der Waals surface area contributed by atoms with Crippen LogP contribution < -0.4 is 5.73 Å². The summed E-state index contributed by atoms with van der Waals surface area (Å²) in [7, 11) is 0. The summed E-state index contributed by atoms with van der Waals surface area (Å²) in [4.78, 5) is 29.8. The van der Waals surface area contributed by atoms with Crippen molar-refractivity contribution >= 4 is 52.4 Å². The number of hydrogen-bond donors (Lipinski definition) is 1. The molecule has 0 unspecified atom stereocenters. The highest BCUT2D eigenvalue weighted by Crippen LogP contribution is 2.34. The Labute approximate surface area is 155 Å². The SMILES string of the molecule is C[C@H]1C[C@H](C)CN(C(=O)COC(=O)c2nc(Cl)c(Cl)c(N)c2Cl)C1. The maximum Gasteiger partial charge on any atom is 0.359 e. The van der Waals surface area contributed by atoms with Gasteiger partial charge >= 0.3 is 5.97 Å². The number of amides is 1. The van der Waals surface area contributed by atoms with Gasteiger partial charge in [0.1, 0.15) is 5.02 Å². The van der Waals surface area contributed by atoms with E-state index in [0.717, 1.165) is 6.42 Å². The molecule has 6 nitrogen and oxygen atoms in total. The van der Waals surface area contributed by atoms with Crippen LogP contribution in [0.3, 0.4) is 0 Å². The van der Waals surface area contributed by atoms with E-state index in [-0.39, 0.29) is 32.5 Å². The van der Waals surface area contributed by atoms with Crippen molar-refractivity contribution in [2.45, 2.75) is 20.3 Å². The molecule has 9 heteroatoms. The first-order chi connectivity index (χ1) is 11.2. The first-order valence-corrected chi connectivity index (χ1v) is 8.59. The van der Waals surface area contributed by atoms with Gasteiger partial charge in [-0.05, 0) is 18.3 Å². The number of ether oxygens (including phenoxy) is 1. The fourth-order valence-corrected chi connectivity index (χ4v) is 3.41. The van der Waals surface area contributed by atoms with Gasteiger partial charge in [0, 0.05) is 13.1 Å². The van der Waals surface area contributed by atoms with E-state index in [1.807, 2.05) is 0 Å². The van der Waals surface area contributed by atoms with Crippen LogP contribution in [0.1, 0.15) is 30.8 Å². The summed E-state index contributed by atoms with van der Waals surface area (Å²) in [5.41, 5.74) is 5.33. The number of likely N-dealkylation sites (tertiary alicyclic amines) is 1. The number of esters is 1. The number of piperidine rings is 1. The molecule has 2 heterocycles. The van der Waals surface area contributed by atoms with E-state index in [4.69, 9.17) is 45.3 Å². The van der Waals surface area contributed by atoms with Crippen LogP contribution in [0.4, 0.5) is 5.69 Å². The minimum absolute atomic E-state index is 0.0365. The molecule has 1 aromatic rings. The molecule has 1 aliphatic rings. The highest BCUT2D eigenvalue weighted by Gasteiger charge is 2.27. The van der Waals surface area contributed by atoms with Gasteiger partial charge in [0.05, 0.1) is 10.7 Å². The molecule has 0 aromatic carbocycles. The van der Waals surface area contributed by atoms with Crippen LogP contribution in [0.5, 0.6) is 0 Å². The maximum atomic E-state index is 12.2. The van der Waals surface area contributed by atoms with Crippen LogP contribution in [0.25, 0.3) is 0 Å². The highest BCUT2D eigenvalue weighted by molar-refractivity contribution is 6.46. The zero-order valence-corrected chi connectivity index (χ0v) is 15.6. The largest absolute Gasteiger partial charge is 0.451 e. The van der Waals surface area contributed by atoms with Gasteiger partial charge in [-0.1, -0.05) is 48.7 Å². The van der Waals surface area contributed by atoms with E-state index in [1.165, 1.54) is 0 Å². The van der Waals surface area contributed by atoms with Crippen LogP contribution in [-0.4, -0.2) is 41.5 Å². The van der Waals surface area contributed by atoms with Crippen LogP contribution in [0.2, 0.25) is 15.2 Å². The van der Waals surface area contributed by atoms with Gasteiger partial charge in [0.2, 0.25) is 0 Å². The molecular formula is C15H18Cl3N3O3. The number of carbonyl (C=O) groups excluding carboxylic acids is 2. The van der Waals surface area contributed by atoms with Crippen molar-refractivity contribution in [2.75, 3.05) is 25.4 Å². The van der Waals surface area contributed by atoms with Crippen molar-refractivity contribution in [3.05, 3.63) is 20.9 Å². The average Bonchev–Trinajstić information content (AvgIpc) is 2.52. The molecule has 2 atom stereocenters. The number of carbonyl (C=O) groups is 2. The van der Waals surface area contributed by atoms with E-state index < -0.39 is 12.6 Å².